The van der Waals surface area contributed by atoms with E-state index in [0.29, 0.717) is 12.4 Å². The smallest absolute Gasteiger partial charge is 0.287 e. The number of carbonyl (C=O) groups excluding carboxylic acids is 1. The number of aryl methyl sites for hydroxylation is 1. The molecule has 0 spiro atoms. The highest BCUT2D eigenvalue weighted by molar-refractivity contribution is 5.91. The van der Waals surface area contributed by atoms with Crippen LogP contribution in [0.1, 0.15) is 40.6 Å². The maximum absolute atomic E-state index is 12.1. The molecular weight excluding hydrogens is 254 g/mol. The van der Waals surface area contributed by atoms with Crippen LogP contribution in [-0.4, -0.2) is 12.5 Å². The Morgan fingerprint density at radius 3 is 3.00 bits per heavy atom. The van der Waals surface area contributed by atoms with Crippen LogP contribution in [0.4, 0.5) is 0 Å². The molecule has 1 amide bonds. The van der Waals surface area contributed by atoms with E-state index < -0.39 is 0 Å². The zero-order valence-corrected chi connectivity index (χ0v) is 11.4. The number of hydrogen-bond acceptors (Lipinski definition) is 3. The van der Waals surface area contributed by atoms with Gasteiger partial charge < -0.3 is 14.5 Å². The number of furan rings is 1. The monoisotopic (exact) mass is 271 g/mol. The van der Waals surface area contributed by atoms with Crippen LogP contribution in [0.15, 0.2) is 41.0 Å². The Kier molecular flexibility index (Phi) is 3.46. The topological polar surface area (TPSA) is 51.5 Å². The van der Waals surface area contributed by atoms with Crippen LogP contribution in [0.5, 0.6) is 5.75 Å². The molecule has 0 aliphatic carbocycles. The van der Waals surface area contributed by atoms with E-state index in [-0.39, 0.29) is 11.9 Å². The third-order valence-corrected chi connectivity index (χ3v) is 3.55. The lowest BCUT2D eigenvalue weighted by Crippen LogP contribution is -2.28. The van der Waals surface area contributed by atoms with Crippen molar-refractivity contribution in [3.8, 4) is 5.75 Å². The van der Waals surface area contributed by atoms with Crippen molar-refractivity contribution in [2.45, 2.75) is 25.8 Å². The Hall–Kier alpha value is -2.23. The Labute approximate surface area is 117 Å². The van der Waals surface area contributed by atoms with Crippen LogP contribution in [-0.2, 0) is 0 Å². The van der Waals surface area contributed by atoms with Crippen molar-refractivity contribution in [1.29, 1.82) is 0 Å². The number of benzene rings is 1. The lowest BCUT2D eigenvalue weighted by molar-refractivity contribution is 0.0906. The maximum atomic E-state index is 12.1. The highest BCUT2D eigenvalue weighted by Crippen LogP contribution is 2.34. The Balaban J connectivity index is 1.87. The molecule has 0 bridgehead atoms. The second kappa shape index (κ2) is 5.41. The van der Waals surface area contributed by atoms with Gasteiger partial charge in [-0.05, 0) is 37.5 Å². The molecule has 4 nitrogen and oxygen atoms in total. The third kappa shape index (κ3) is 2.41. The second-order valence-corrected chi connectivity index (χ2v) is 4.99. The number of para-hydroxylation sites is 1. The fraction of sp³-hybridized carbons (Fsp3) is 0.312. The van der Waals surface area contributed by atoms with Crippen LogP contribution in [0.25, 0.3) is 0 Å². The minimum absolute atomic E-state index is 0.0370. The molecule has 1 aromatic carbocycles. The summed E-state index contributed by atoms with van der Waals surface area (Å²) >= 11 is 0. The largest absolute Gasteiger partial charge is 0.493 e. The van der Waals surface area contributed by atoms with Gasteiger partial charge in [0.1, 0.15) is 5.75 Å². The summed E-state index contributed by atoms with van der Waals surface area (Å²) < 4.78 is 10.9. The van der Waals surface area contributed by atoms with Crippen molar-refractivity contribution in [2.75, 3.05) is 6.61 Å². The summed E-state index contributed by atoms with van der Waals surface area (Å²) in [5.74, 6) is 1.05. The van der Waals surface area contributed by atoms with Gasteiger partial charge in [0.2, 0.25) is 0 Å². The zero-order chi connectivity index (χ0) is 13.9. The Morgan fingerprint density at radius 2 is 2.20 bits per heavy atom. The molecule has 3 rings (SSSR count). The van der Waals surface area contributed by atoms with Crippen molar-refractivity contribution in [2.24, 2.45) is 0 Å². The standard InChI is InChI=1S/C16H17NO3/c1-11-5-2-6-12-13(7-3-10-20-15(11)12)17-16(18)14-8-4-9-19-14/h2,4-6,8-9,13H,3,7,10H2,1H3,(H,17,18). The van der Waals surface area contributed by atoms with E-state index in [1.54, 1.807) is 12.1 Å². The average molecular weight is 271 g/mol. The SMILES string of the molecule is Cc1cccc2c1OCCCC2NC(=O)c1ccco1. The number of carbonyl (C=O) groups is 1. The lowest BCUT2D eigenvalue weighted by Gasteiger charge is -2.18. The van der Waals surface area contributed by atoms with Crippen LogP contribution in [0, 0.1) is 6.92 Å². The summed E-state index contributed by atoms with van der Waals surface area (Å²) in [4.78, 5) is 12.1. The summed E-state index contributed by atoms with van der Waals surface area (Å²) in [7, 11) is 0. The molecule has 0 saturated heterocycles. The molecule has 0 fully saturated rings. The fourth-order valence-electron chi connectivity index (χ4n) is 2.55. The van der Waals surface area contributed by atoms with Crippen molar-refractivity contribution >= 4 is 5.91 Å². The van der Waals surface area contributed by atoms with E-state index in [1.807, 2.05) is 25.1 Å². The van der Waals surface area contributed by atoms with E-state index >= 15 is 0 Å². The molecule has 1 atom stereocenters. The number of rotatable bonds is 2. The molecule has 2 heterocycles. The quantitative estimate of drug-likeness (QED) is 0.912. The first-order valence-electron chi connectivity index (χ1n) is 6.82. The molecule has 20 heavy (non-hydrogen) atoms. The van der Waals surface area contributed by atoms with Gasteiger partial charge in [-0.15, -0.1) is 0 Å². The Morgan fingerprint density at radius 1 is 1.30 bits per heavy atom. The molecule has 1 unspecified atom stereocenters. The zero-order valence-electron chi connectivity index (χ0n) is 11.4. The summed E-state index contributed by atoms with van der Waals surface area (Å²) in [5, 5.41) is 3.03. The van der Waals surface area contributed by atoms with Crippen molar-refractivity contribution in [3.05, 3.63) is 53.5 Å². The van der Waals surface area contributed by atoms with E-state index in [9.17, 15) is 4.79 Å². The van der Waals surface area contributed by atoms with Gasteiger partial charge in [0.05, 0.1) is 18.9 Å². The van der Waals surface area contributed by atoms with Gasteiger partial charge in [0.15, 0.2) is 5.76 Å². The number of ether oxygens (including phenoxy) is 1. The predicted octanol–water partition coefficient (Wildman–Crippen LogP) is 3.23. The first-order valence-corrected chi connectivity index (χ1v) is 6.82. The van der Waals surface area contributed by atoms with Gasteiger partial charge >= 0.3 is 0 Å². The Bertz CT molecular complexity index is 604. The van der Waals surface area contributed by atoms with Crippen molar-refractivity contribution in [3.63, 3.8) is 0 Å². The number of hydrogen-bond donors (Lipinski definition) is 1. The molecule has 1 N–H and O–H groups in total. The van der Waals surface area contributed by atoms with Crippen LogP contribution < -0.4 is 10.1 Å². The van der Waals surface area contributed by atoms with Crippen molar-refractivity contribution < 1.29 is 13.9 Å². The third-order valence-electron chi connectivity index (χ3n) is 3.55. The highest BCUT2D eigenvalue weighted by Gasteiger charge is 2.23. The molecule has 4 heteroatoms. The fourth-order valence-corrected chi connectivity index (χ4v) is 2.55. The number of nitrogens with one attached hydrogen (secondary N) is 1. The molecule has 0 saturated carbocycles. The minimum atomic E-state index is -0.186. The van der Waals surface area contributed by atoms with Gasteiger partial charge in [-0.3, -0.25) is 4.79 Å². The van der Waals surface area contributed by atoms with Gasteiger partial charge in [-0.1, -0.05) is 18.2 Å². The molecule has 2 aromatic rings. The highest BCUT2D eigenvalue weighted by atomic mass is 16.5. The van der Waals surface area contributed by atoms with Crippen molar-refractivity contribution in [1.82, 2.24) is 5.32 Å². The van der Waals surface area contributed by atoms with Gasteiger partial charge in [0, 0.05) is 5.56 Å². The minimum Gasteiger partial charge on any atom is -0.493 e. The van der Waals surface area contributed by atoms with Crippen LogP contribution >= 0.6 is 0 Å². The first kappa shape index (κ1) is 12.8. The van der Waals surface area contributed by atoms with Gasteiger partial charge in [-0.25, -0.2) is 0 Å². The lowest BCUT2D eigenvalue weighted by atomic mass is 9.99. The van der Waals surface area contributed by atoms with Gasteiger partial charge in [-0.2, -0.15) is 0 Å². The van der Waals surface area contributed by atoms with E-state index in [2.05, 4.69) is 5.32 Å². The summed E-state index contributed by atoms with van der Waals surface area (Å²) in [6.07, 6.45) is 3.28. The molecular formula is C16H17NO3. The van der Waals surface area contributed by atoms with Crippen LogP contribution in [0.2, 0.25) is 0 Å². The number of amides is 1. The predicted molar refractivity (Wildman–Crippen MR) is 74.8 cm³/mol. The molecule has 0 radical (unpaired) electrons. The molecule has 104 valence electrons. The van der Waals surface area contributed by atoms with Crippen LogP contribution in [0.3, 0.4) is 0 Å². The molecule has 1 aliphatic rings. The van der Waals surface area contributed by atoms with E-state index in [1.165, 1.54) is 6.26 Å². The van der Waals surface area contributed by atoms with E-state index in [0.717, 1.165) is 29.7 Å². The average Bonchev–Trinajstić information content (AvgIpc) is 2.90. The van der Waals surface area contributed by atoms with E-state index in [4.69, 9.17) is 9.15 Å². The first-order chi connectivity index (χ1) is 9.75. The maximum Gasteiger partial charge on any atom is 0.287 e. The normalized spacial score (nSPS) is 17.8. The summed E-state index contributed by atoms with van der Waals surface area (Å²) in [5.41, 5.74) is 2.14. The number of fused-ring (bicyclic) bond motifs is 1. The summed E-state index contributed by atoms with van der Waals surface area (Å²) in [6, 6.07) is 9.37. The molecule has 1 aromatic heterocycles. The molecule has 1 aliphatic heterocycles. The summed E-state index contributed by atoms with van der Waals surface area (Å²) in [6.45, 7) is 2.71. The van der Waals surface area contributed by atoms with Gasteiger partial charge in [0.25, 0.3) is 5.91 Å². The second-order valence-electron chi connectivity index (χ2n) is 4.99.